The highest BCUT2D eigenvalue weighted by Crippen LogP contribution is 2.42. The summed E-state index contributed by atoms with van der Waals surface area (Å²) in [5.74, 6) is -2.25. The van der Waals surface area contributed by atoms with E-state index in [1.54, 1.807) is 12.3 Å². The quantitative estimate of drug-likeness (QED) is 0.481. The molecule has 4 heterocycles. The van der Waals surface area contributed by atoms with Gasteiger partial charge in [0.1, 0.15) is 11.5 Å². The minimum absolute atomic E-state index is 0.00745. The van der Waals surface area contributed by atoms with Crippen LogP contribution in [0.25, 0.3) is 11.0 Å². The number of alkyl halides is 2. The molecule has 1 amide bonds. The van der Waals surface area contributed by atoms with Gasteiger partial charge in [0.15, 0.2) is 5.65 Å². The molecule has 1 aliphatic carbocycles. The van der Waals surface area contributed by atoms with Gasteiger partial charge in [-0.1, -0.05) is 6.92 Å². The largest absolute Gasteiger partial charge is 0.463 e. The number of aromatic nitrogens is 5. The van der Waals surface area contributed by atoms with Gasteiger partial charge in [-0.3, -0.25) is 9.89 Å². The smallest absolute Gasteiger partial charge is 0.319 e. The number of fused-ring (bicyclic) bond motifs is 1. The van der Waals surface area contributed by atoms with Crippen molar-refractivity contribution in [3.8, 4) is 6.01 Å². The van der Waals surface area contributed by atoms with Gasteiger partial charge in [-0.05, 0) is 38.3 Å². The number of nitrogens with one attached hydrogen (secondary N) is 2. The summed E-state index contributed by atoms with van der Waals surface area (Å²) in [5.41, 5.74) is 2.02. The van der Waals surface area contributed by atoms with Crippen molar-refractivity contribution in [2.45, 2.75) is 63.8 Å². The van der Waals surface area contributed by atoms with Crippen LogP contribution >= 0.6 is 0 Å². The number of rotatable bonds is 8. The lowest BCUT2D eigenvalue weighted by Gasteiger charge is -2.34. The van der Waals surface area contributed by atoms with Crippen LogP contribution in [0.2, 0.25) is 0 Å². The molecular weight excluding hydrogens is 468 g/mol. The van der Waals surface area contributed by atoms with E-state index in [0.717, 1.165) is 43.4 Å². The Morgan fingerprint density at radius 1 is 1.31 bits per heavy atom. The summed E-state index contributed by atoms with van der Waals surface area (Å²) in [5, 5.41) is 11.4. The highest BCUT2D eigenvalue weighted by molar-refractivity contribution is 5.93. The molecule has 0 unspecified atom stereocenters. The van der Waals surface area contributed by atoms with E-state index in [4.69, 9.17) is 4.74 Å². The first-order valence-electron chi connectivity index (χ1n) is 12.6. The molecule has 3 aromatic heterocycles. The number of H-pyrrole nitrogens is 1. The molecule has 2 N–H and O–H groups in total. The molecule has 0 aromatic carbocycles. The number of halogens is 2. The van der Waals surface area contributed by atoms with Gasteiger partial charge in [0.25, 0.3) is 5.91 Å². The number of carbonyl (C=O) groups is 1. The number of ether oxygens (including phenoxy) is 1. The van der Waals surface area contributed by atoms with Crippen molar-refractivity contribution in [1.29, 1.82) is 0 Å². The van der Waals surface area contributed by atoms with E-state index in [-0.39, 0.29) is 49.0 Å². The molecule has 2 fully saturated rings. The van der Waals surface area contributed by atoms with Crippen LogP contribution in [-0.2, 0) is 0 Å². The first-order valence-corrected chi connectivity index (χ1v) is 12.6. The Morgan fingerprint density at radius 2 is 2.08 bits per heavy atom. The van der Waals surface area contributed by atoms with Crippen LogP contribution in [0.3, 0.4) is 0 Å². The van der Waals surface area contributed by atoms with Crippen LogP contribution in [0.1, 0.15) is 68.1 Å². The second kappa shape index (κ2) is 9.94. The number of hydrogen-bond donors (Lipinski definition) is 2. The van der Waals surface area contributed by atoms with Crippen LogP contribution in [0.4, 0.5) is 14.6 Å². The lowest BCUT2D eigenvalue weighted by molar-refractivity contribution is -0.119. The maximum absolute atomic E-state index is 13.2. The standard InChI is InChI=1S/C25H31F2N7O2/c1-3-15(2)29-23(35)19-11-20(31-24(30-19)36-14-16-12-25(26,27)13-16)34-9-6-17(7-10-34)21-18-5-4-8-28-22(18)33-32-21/h4-5,8,11,15-17H,3,6-7,9-10,12-14H2,1-2H3,(H,29,35)(H,28,32,33)/t15-/m1/s1. The number of pyridine rings is 1. The van der Waals surface area contributed by atoms with E-state index < -0.39 is 5.92 Å². The number of hydrogen-bond acceptors (Lipinski definition) is 7. The molecule has 3 aromatic rings. The van der Waals surface area contributed by atoms with Gasteiger partial charge in [-0.15, -0.1) is 0 Å². The highest BCUT2D eigenvalue weighted by atomic mass is 19.3. The molecule has 5 rings (SSSR count). The third-order valence-electron chi connectivity index (χ3n) is 7.12. The Kier molecular flexibility index (Phi) is 6.72. The van der Waals surface area contributed by atoms with Gasteiger partial charge in [0.2, 0.25) is 5.92 Å². The van der Waals surface area contributed by atoms with E-state index >= 15 is 0 Å². The van der Waals surface area contributed by atoms with Crippen molar-refractivity contribution in [3.63, 3.8) is 0 Å². The maximum Gasteiger partial charge on any atom is 0.319 e. The zero-order valence-corrected chi connectivity index (χ0v) is 20.5. The molecule has 192 valence electrons. The minimum atomic E-state index is -2.61. The molecule has 2 aliphatic rings. The van der Waals surface area contributed by atoms with E-state index in [1.807, 2.05) is 26.0 Å². The fourth-order valence-electron chi connectivity index (χ4n) is 4.83. The third-order valence-corrected chi connectivity index (χ3v) is 7.12. The topological polar surface area (TPSA) is 109 Å². The van der Waals surface area contributed by atoms with Crippen LogP contribution in [0.5, 0.6) is 6.01 Å². The Morgan fingerprint density at radius 3 is 2.81 bits per heavy atom. The fourth-order valence-corrected chi connectivity index (χ4v) is 4.83. The molecular formula is C25H31F2N7O2. The number of nitrogens with zero attached hydrogens (tertiary/aromatic N) is 5. The van der Waals surface area contributed by atoms with Gasteiger partial charge in [0, 0.05) is 67.2 Å². The van der Waals surface area contributed by atoms with Gasteiger partial charge >= 0.3 is 6.01 Å². The second-order valence-electron chi connectivity index (χ2n) is 9.89. The summed E-state index contributed by atoms with van der Waals surface area (Å²) in [6.07, 6.45) is 3.87. The summed E-state index contributed by atoms with van der Waals surface area (Å²) in [6, 6.07) is 5.66. The lowest BCUT2D eigenvalue weighted by Crippen LogP contribution is -2.39. The number of carbonyl (C=O) groups excluding carboxylic acids is 1. The number of anilines is 1. The fraction of sp³-hybridized carbons (Fsp3) is 0.560. The van der Waals surface area contributed by atoms with Crippen molar-refractivity contribution < 1.29 is 18.3 Å². The first kappa shape index (κ1) is 24.3. The van der Waals surface area contributed by atoms with Gasteiger partial charge < -0.3 is 15.0 Å². The van der Waals surface area contributed by atoms with Gasteiger partial charge in [0.05, 0.1) is 6.61 Å². The van der Waals surface area contributed by atoms with Crippen molar-refractivity contribution in [2.24, 2.45) is 5.92 Å². The average Bonchev–Trinajstić information content (AvgIpc) is 3.30. The van der Waals surface area contributed by atoms with E-state index in [2.05, 4.69) is 35.4 Å². The monoisotopic (exact) mass is 499 g/mol. The third kappa shape index (κ3) is 5.24. The number of piperidine rings is 1. The Bertz CT molecular complexity index is 1220. The van der Waals surface area contributed by atoms with E-state index in [1.165, 1.54) is 0 Å². The average molecular weight is 500 g/mol. The van der Waals surface area contributed by atoms with Crippen molar-refractivity contribution in [3.05, 3.63) is 35.8 Å². The normalized spacial score (nSPS) is 19.2. The minimum Gasteiger partial charge on any atom is -0.463 e. The summed E-state index contributed by atoms with van der Waals surface area (Å²) < 4.78 is 32.1. The molecule has 0 spiro atoms. The van der Waals surface area contributed by atoms with E-state index in [9.17, 15) is 13.6 Å². The first-order chi connectivity index (χ1) is 17.3. The SMILES string of the molecule is CC[C@@H](C)NC(=O)c1cc(N2CCC(c3[nH]nc4ncccc34)CC2)nc(OCC2CC(F)(F)C2)n1. The van der Waals surface area contributed by atoms with Crippen LogP contribution in [-0.4, -0.2) is 62.7 Å². The predicted molar refractivity (Wildman–Crippen MR) is 130 cm³/mol. The lowest BCUT2D eigenvalue weighted by atomic mass is 9.82. The maximum atomic E-state index is 13.2. The van der Waals surface area contributed by atoms with Crippen LogP contribution in [0, 0.1) is 5.92 Å². The van der Waals surface area contributed by atoms with Gasteiger partial charge in [-0.25, -0.2) is 13.8 Å². The molecule has 9 nitrogen and oxygen atoms in total. The molecule has 36 heavy (non-hydrogen) atoms. The van der Waals surface area contributed by atoms with Gasteiger partial charge in [-0.2, -0.15) is 15.1 Å². The van der Waals surface area contributed by atoms with E-state index in [0.29, 0.717) is 17.4 Å². The molecule has 1 atom stereocenters. The highest BCUT2D eigenvalue weighted by Gasteiger charge is 2.45. The predicted octanol–water partition coefficient (Wildman–Crippen LogP) is 4.08. The Labute approximate surface area is 208 Å². The van der Waals surface area contributed by atoms with Crippen LogP contribution in [0.15, 0.2) is 24.4 Å². The summed E-state index contributed by atoms with van der Waals surface area (Å²) in [4.78, 5) is 28.1. The number of aromatic amines is 1. The van der Waals surface area contributed by atoms with Crippen molar-refractivity contribution in [2.75, 3.05) is 24.6 Å². The van der Waals surface area contributed by atoms with Crippen molar-refractivity contribution in [1.82, 2.24) is 30.5 Å². The molecule has 1 saturated heterocycles. The Balaban J connectivity index is 1.31. The summed E-state index contributed by atoms with van der Waals surface area (Å²) >= 11 is 0. The summed E-state index contributed by atoms with van der Waals surface area (Å²) in [7, 11) is 0. The summed E-state index contributed by atoms with van der Waals surface area (Å²) in [6.45, 7) is 5.47. The molecule has 11 heteroatoms. The zero-order valence-electron chi connectivity index (χ0n) is 20.5. The Hall–Kier alpha value is -3.37. The zero-order chi connectivity index (χ0) is 25.3. The van der Waals surface area contributed by atoms with Crippen molar-refractivity contribution >= 4 is 22.8 Å². The molecule has 1 saturated carbocycles. The second-order valence-corrected chi connectivity index (χ2v) is 9.89. The molecule has 1 aliphatic heterocycles. The number of amides is 1. The van der Waals surface area contributed by atoms with Crippen LogP contribution < -0.4 is 15.0 Å². The molecule has 0 radical (unpaired) electrons. The molecule has 0 bridgehead atoms.